The molecule has 0 aliphatic carbocycles. The van der Waals surface area contributed by atoms with E-state index in [1.54, 1.807) is 0 Å². The Balaban J connectivity index is 1.43. The smallest absolute Gasteiger partial charge is 0.00199 e. The summed E-state index contributed by atoms with van der Waals surface area (Å²) in [4.78, 5) is 0. The van der Waals surface area contributed by atoms with Gasteiger partial charge in [-0.3, -0.25) is 0 Å². The van der Waals surface area contributed by atoms with Gasteiger partial charge < -0.3 is 0 Å². The van der Waals surface area contributed by atoms with Crippen molar-refractivity contribution in [2.75, 3.05) is 0 Å². The van der Waals surface area contributed by atoms with Gasteiger partial charge in [-0.15, -0.1) is 0 Å². The molecular weight excluding hydrogens is 528 g/mol. The van der Waals surface area contributed by atoms with Crippen molar-refractivity contribution >= 4 is 53.9 Å². The van der Waals surface area contributed by atoms with E-state index in [4.69, 9.17) is 0 Å². The molecular formula is C44H28. The molecule has 0 nitrogen and oxygen atoms in total. The fraction of sp³-hybridized carbons (Fsp3) is 0. The average molecular weight is 557 g/mol. The fourth-order valence-electron chi connectivity index (χ4n) is 7.36. The summed E-state index contributed by atoms with van der Waals surface area (Å²) in [6.45, 7) is 0. The molecule has 0 aliphatic rings. The second-order valence-electron chi connectivity index (χ2n) is 11.6. The summed E-state index contributed by atoms with van der Waals surface area (Å²) in [5.41, 5.74) is 7.64. The van der Waals surface area contributed by atoms with Gasteiger partial charge in [-0.25, -0.2) is 0 Å². The summed E-state index contributed by atoms with van der Waals surface area (Å²) >= 11 is 0. The van der Waals surface area contributed by atoms with Gasteiger partial charge in [-0.2, -0.15) is 0 Å². The van der Waals surface area contributed by atoms with Crippen LogP contribution >= 0.6 is 0 Å². The first-order valence-electron chi connectivity index (χ1n) is 15.3. The maximum Gasteiger partial charge on any atom is -0.00199 e. The summed E-state index contributed by atoms with van der Waals surface area (Å²) in [7, 11) is 0. The lowest BCUT2D eigenvalue weighted by Gasteiger charge is -2.21. The van der Waals surface area contributed by atoms with Gasteiger partial charge in [-0.05, 0) is 93.3 Å². The monoisotopic (exact) mass is 556 g/mol. The summed E-state index contributed by atoms with van der Waals surface area (Å²) in [5.74, 6) is 0. The molecule has 9 aromatic rings. The van der Waals surface area contributed by atoms with Crippen molar-refractivity contribution in [2.24, 2.45) is 0 Å². The van der Waals surface area contributed by atoms with Crippen LogP contribution in [0.5, 0.6) is 0 Å². The number of hydrogen-bond donors (Lipinski definition) is 0. The summed E-state index contributed by atoms with van der Waals surface area (Å²) in [6.07, 6.45) is 0. The summed E-state index contributed by atoms with van der Waals surface area (Å²) < 4.78 is 0. The molecule has 0 radical (unpaired) electrons. The van der Waals surface area contributed by atoms with Crippen LogP contribution in [0.4, 0.5) is 0 Å². The number of hydrogen-bond acceptors (Lipinski definition) is 0. The fourth-order valence-corrected chi connectivity index (χ4v) is 7.36. The van der Waals surface area contributed by atoms with E-state index in [1.807, 2.05) is 0 Å². The van der Waals surface area contributed by atoms with E-state index < -0.39 is 0 Å². The van der Waals surface area contributed by atoms with E-state index in [2.05, 4.69) is 170 Å². The molecule has 9 rings (SSSR count). The molecule has 0 unspecified atom stereocenters. The highest BCUT2D eigenvalue weighted by Crippen LogP contribution is 2.48. The first kappa shape index (κ1) is 24.8. The predicted octanol–water partition coefficient (Wildman–Crippen LogP) is 12.5. The van der Waals surface area contributed by atoms with E-state index in [9.17, 15) is 0 Å². The third kappa shape index (κ3) is 3.71. The van der Waals surface area contributed by atoms with Crippen LogP contribution in [-0.2, 0) is 0 Å². The van der Waals surface area contributed by atoms with Gasteiger partial charge >= 0.3 is 0 Å². The molecule has 0 spiro atoms. The molecule has 0 aromatic heterocycles. The van der Waals surface area contributed by atoms with Crippen LogP contribution in [0.1, 0.15) is 0 Å². The average Bonchev–Trinajstić information content (AvgIpc) is 3.10. The molecule has 0 atom stereocenters. The maximum atomic E-state index is 2.40. The second kappa shape index (κ2) is 9.93. The molecule has 204 valence electrons. The van der Waals surface area contributed by atoms with E-state index >= 15 is 0 Å². The minimum atomic E-state index is 1.24. The SMILES string of the molecule is c1ccc(-c2ccc(-c3c4ccccc4c(-c4cc5ccccc5c5ccccc45)c4ccccc34)c3ccccc23)cc1. The molecule has 0 saturated carbocycles. The zero-order valence-corrected chi connectivity index (χ0v) is 24.2. The molecule has 0 fully saturated rings. The maximum absolute atomic E-state index is 2.40. The minimum Gasteiger partial charge on any atom is -0.0622 e. The van der Waals surface area contributed by atoms with Gasteiger partial charge in [0.2, 0.25) is 0 Å². The van der Waals surface area contributed by atoms with Gasteiger partial charge in [-0.1, -0.05) is 164 Å². The largest absolute Gasteiger partial charge is 0.0622 e. The van der Waals surface area contributed by atoms with Crippen LogP contribution in [0.15, 0.2) is 170 Å². The van der Waals surface area contributed by atoms with Crippen LogP contribution in [0.25, 0.3) is 87.2 Å². The van der Waals surface area contributed by atoms with Gasteiger partial charge in [0.25, 0.3) is 0 Å². The predicted molar refractivity (Wildman–Crippen MR) is 190 cm³/mol. The Morgan fingerprint density at radius 2 is 0.614 bits per heavy atom. The Bertz CT molecular complexity index is 2480. The zero-order valence-electron chi connectivity index (χ0n) is 24.2. The molecule has 44 heavy (non-hydrogen) atoms. The Hall–Kier alpha value is -5.72. The van der Waals surface area contributed by atoms with E-state index in [0.717, 1.165) is 0 Å². The van der Waals surface area contributed by atoms with E-state index in [-0.39, 0.29) is 0 Å². The van der Waals surface area contributed by atoms with E-state index in [0.29, 0.717) is 0 Å². The highest BCUT2D eigenvalue weighted by Gasteiger charge is 2.20. The van der Waals surface area contributed by atoms with Crippen LogP contribution in [0.2, 0.25) is 0 Å². The van der Waals surface area contributed by atoms with Crippen molar-refractivity contribution < 1.29 is 0 Å². The number of benzene rings is 9. The molecule has 0 heteroatoms. The van der Waals surface area contributed by atoms with Gasteiger partial charge in [0.05, 0.1) is 0 Å². The lowest BCUT2D eigenvalue weighted by Crippen LogP contribution is -1.93. The lowest BCUT2D eigenvalue weighted by molar-refractivity contribution is 1.64. The van der Waals surface area contributed by atoms with Crippen LogP contribution in [-0.4, -0.2) is 0 Å². The standard InChI is InChI=1S/C44H28/c1-2-14-29(15-3-1)32-26-27-41(35-20-8-6-19-34(32)35)43-37-22-10-12-24-39(37)44(40-25-13-11-23-38(40)43)42-28-30-16-4-5-17-31(30)33-18-7-9-21-36(33)42/h1-28H. The van der Waals surface area contributed by atoms with Gasteiger partial charge in [0, 0.05) is 0 Å². The normalized spacial score (nSPS) is 11.6. The summed E-state index contributed by atoms with van der Waals surface area (Å²) in [5, 5.41) is 12.8. The number of rotatable bonds is 3. The van der Waals surface area contributed by atoms with Crippen molar-refractivity contribution in [1.29, 1.82) is 0 Å². The first-order valence-corrected chi connectivity index (χ1v) is 15.3. The zero-order chi connectivity index (χ0) is 29.0. The number of fused-ring (bicyclic) bond motifs is 6. The van der Waals surface area contributed by atoms with Crippen LogP contribution < -0.4 is 0 Å². The molecule has 0 aliphatic heterocycles. The third-order valence-corrected chi connectivity index (χ3v) is 9.25. The molecule has 0 amide bonds. The van der Waals surface area contributed by atoms with Crippen LogP contribution in [0.3, 0.4) is 0 Å². The molecule has 0 N–H and O–H groups in total. The third-order valence-electron chi connectivity index (χ3n) is 9.25. The van der Waals surface area contributed by atoms with Crippen molar-refractivity contribution in [1.82, 2.24) is 0 Å². The molecule has 0 bridgehead atoms. The van der Waals surface area contributed by atoms with Crippen molar-refractivity contribution in [3.05, 3.63) is 170 Å². The summed E-state index contributed by atoms with van der Waals surface area (Å²) in [6, 6.07) is 62.3. The minimum absolute atomic E-state index is 1.24. The highest BCUT2D eigenvalue weighted by molar-refractivity contribution is 6.27. The first-order chi connectivity index (χ1) is 21.9. The molecule has 9 aromatic carbocycles. The van der Waals surface area contributed by atoms with Gasteiger partial charge in [0.15, 0.2) is 0 Å². The van der Waals surface area contributed by atoms with E-state index in [1.165, 1.54) is 87.2 Å². The quantitative estimate of drug-likeness (QED) is 0.150. The Morgan fingerprint density at radius 3 is 1.20 bits per heavy atom. The van der Waals surface area contributed by atoms with Crippen molar-refractivity contribution in [2.45, 2.75) is 0 Å². The Morgan fingerprint density at radius 1 is 0.227 bits per heavy atom. The Kier molecular flexibility index (Phi) is 5.61. The van der Waals surface area contributed by atoms with Crippen LogP contribution in [0, 0.1) is 0 Å². The van der Waals surface area contributed by atoms with Crippen molar-refractivity contribution in [3.8, 4) is 33.4 Å². The van der Waals surface area contributed by atoms with Crippen molar-refractivity contribution in [3.63, 3.8) is 0 Å². The Labute approximate surface area is 256 Å². The molecule has 0 saturated heterocycles. The highest BCUT2D eigenvalue weighted by atomic mass is 14.2. The second-order valence-corrected chi connectivity index (χ2v) is 11.6. The van der Waals surface area contributed by atoms with Gasteiger partial charge in [0.1, 0.15) is 0 Å². The topological polar surface area (TPSA) is 0 Å². The lowest BCUT2D eigenvalue weighted by atomic mass is 9.82. The molecule has 0 heterocycles.